The maximum atomic E-state index is 12.3. The SMILES string of the molecule is O=C1NC(Cc2c[nH]cn2)C(=O)N1Cc1ccccc1. The lowest BCUT2D eigenvalue weighted by Crippen LogP contribution is -2.32. The standard InChI is InChI=1S/C14H14N4O2/c19-13-12(6-11-7-15-9-16-11)17-14(20)18(13)8-10-4-2-1-3-5-10/h1-5,7,9,12H,6,8H2,(H,15,16)(H,17,20). The fourth-order valence-corrected chi connectivity index (χ4v) is 2.24. The van der Waals surface area contributed by atoms with Gasteiger partial charge in [-0.3, -0.25) is 9.69 Å². The van der Waals surface area contributed by atoms with Gasteiger partial charge in [0, 0.05) is 12.6 Å². The highest BCUT2D eigenvalue weighted by molar-refractivity contribution is 6.04. The van der Waals surface area contributed by atoms with Gasteiger partial charge in [0.25, 0.3) is 5.91 Å². The Balaban J connectivity index is 1.70. The Bertz CT molecular complexity index is 609. The van der Waals surface area contributed by atoms with Crippen molar-refractivity contribution < 1.29 is 9.59 Å². The van der Waals surface area contributed by atoms with E-state index < -0.39 is 6.04 Å². The Kier molecular flexibility index (Phi) is 3.20. The number of nitrogens with zero attached hydrogens (tertiary/aromatic N) is 2. The molecular weight excluding hydrogens is 256 g/mol. The molecule has 0 bridgehead atoms. The molecule has 1 atom stereocenters. The molecule has 2 heterocycles. The van der Waals surface area contributed by atoms with Crippen LogP contribution < -0.4 is 5.32 Å². The number of urea groups is 1. The van der Waals surface area contributed by atoms with Crippen LogP contribution in [0.2, 0.25) is 0 Å². The zero-order chi connectivity index (χ0) is 13.9. The lowest BCUT2D eigenvalue weighted by molar-refractivity contribution is -0.127. The zero-order valence-corrected chi connectivity index (χ0v) is 10.7. The first-order valence-electron chi connectivity index (χ1n) is 6.37. The molecule has 20 heavy (non-hydrogen) atoms. The van der Waals surface area contributed by atoms with E-state index in [1.807, 2.05) is 30.3 Å². The van der Waals surface area contributed by atoms with Crippen LogP contribution >= 0.6 is 0 Å². The predicted molar refractivity (Wildman–Crippen MR) is 71.6 cm³/mol. The first kappa shape index (κ1) is 12.4. The number of rotatable bonds is 4. The van der Waals surface area contributed by atoms with Gasteiger partial charge < -0.3 is 10.3 Å². The van der Waals surface area contributed by atoms with Crippen molar-refractivity contribution in [3.8, 4) is 0 Å². The number of imide groups is 1. The first-order chi connectivity index (χ1) is 9.74. The molecule has 0 aliphatic carbocycles. The van der Waals surface area contributed by atoms with E-state index in [1.165, 1.54) is 4.90 Å². The molecule has 1 aromatic carbocycles. The topological polar surface area (TPSA) is 78.1 Å². The predicted octanol–water partition coefficient (Wildman–Crippen LogP) is 1.07. The summed E-state index contributed by atoms with van der Waals surface area (Å²) in [6, 6.07) is 8.57. The van der Waals surface area contributed by atoms with Crippen LogP contribution in [0.3, 0.4) is 0 Å². The van der Waals surface area contributed by atoms with Gasteiger partial charge in [-0.05, 0) is 5.56 Å². The van der Waals surface area contributed by atoms with E-state index in [9.17, 15) is 9.59 Å². The highest BCUT2D eigenvalue weighted by Gasteiger charge is 2.37. The molecule has 1 aliphatic rings. The Labute approximate surface area is 115 Å². The van der Waals surface area contributed by atoms with Crippen LogP contribution in [-0.4, -0.2) is 32.8 Å². The number of aromatic nitrogens is 2. The molecule has 6 heteroatoms. The number of aromatic amines is 1. The molecule has 2 N–H and O–H groups in total. The van der Waals surface area contributed by atoms with Crippen LogP contribution in [0.5, 0.6) is 0 Å². The summed E-state index contributed by atoms with van der Waals surface area (Å²) in [5.74, 6) is -0.207. The second-order valence-electron chi connectivity index (χ2n) is 4.68. The maximum absolute atomic E-state index is 12.3. The molecule has 3 rings (SSSR count). The lowest BCUT2D eigenvalue weighted by atomic mass is 10.1. The summed E-state index contributed by atoms with van der Waals surface area (Å²) in [6.45, 7) is 0.294. The van der Waals surface area contributed by atoms with Crippen molar-refractivity contribution >= 4 is 11.9 Å². The van der Waals surface area contributed by atoms with Gasteiger partial charge in [-0.25, -0.2) is 9.78 Å². The third-order valence-electron chi connectivity index (χ3n) is 3.26. The first-order valence-corrected chi connectivity index (χ1v) is 6.37. The normalized spacial score (nSPS) is 18.4. The third-order valence-corrected chi connectivity index (χ3v) is 3.26. The molecule has 6 nitrogen and oxygen atoms in total. The van der Waals surface area contributed by atoms with Crippen LogP contribution in [0.4, 0.5) is 4.79 Å². The summed E-state index contributed by atoms with van der Waals surface area (Å²) in [5, 5.41) is 2.70. The summed E-state index contributed by atoms with van der Waals surface area (Å²) in [7, 11) is 0. The van der Waals surface area contributed by atoms with E-state index in [1.54, 1.807) is 12.5 Å². The largest absolute Gasteiger partial charge is 0.351 e. The minimum atomic E-state index is -0.533. The highest BCUT2D eigenvalue weighted by atomic mass is 16.2. The molecule has 3 amide bonds. The van der Waals surface area contributed by atoms with Crippen LogP contribution in [0.15, 0.2) is 42.9 Å². The molecule has 1 aromatic heterocycles. The summed E-state index contributed by atoms with van der Waals surface area (Å²) in [6.07, 6.45) is 3.68. The Morgan fingerprint density at radius 1 is 1.20 bits per heavy atom. The monoisotopic (exact) mass is 270 g/mol. The van der Waals surface area contributed by atoms with E-state index in [2.05, 4.69) is 15.3 Å². The molecule has 1 fully saturated rings. The number of imidazole rings is 1. The van der Waals surface area contributed by atoms with Crippen molar-refractivity contribution in [1.29, 1.82) is 0 Å². The fourth-order valence-electron chi connectivity index (χ4n) is 2.24. The van der Waals surface area contributed by atoms with Crippen molar-refractivity contribution in [2.45, 2.75) is 19.0 Å². The van der Waals surface area contributed by atoms with E-state index in [4.69, 9.17) is 0 Å². The Hall–Kier alpha value is -2.63. The summed E-state index contributed by atoms with van der Waals surface area (Å²) in [4.78, 5) is 32.3. The average molecular weight is 270 g/mol. The summed E-state index contributed by atoms with van der Waals surface area (Å²) >= 11 is 0. The molecule has 2 aromatic rings. The number of amides is 3. The molecule has 0 spiro atoms. The number of benzene rings is 1. The number of nitrogens with one attached hydrogen (secondary N) is 2. The van der Waals surface area contributed by atoms with Gasteiger partial charge in [0.05, 0.1) is 18.6 Å². The third kappa shape index (κ3) is 2.40. The quantitative estimate of drug-likeness (QED) is 0.816. The second-order valence-corrected chi connectivity index (χ2v) is 4.68. The highest BCUT2D eigenvalue weighted by Crippen LogP contribution is 2.14. The number of carbonyl (C=O) groups excluding carboxylic acids is 2. The molecule has 102 valence electrons. The van der Waals surface area contributed by atoms with Crippen molar-refractivity contribution in [2.24, 2.45) is 0 Å². The van der Waals surface area contributed by atoms with Crippen LogP contribution in [0.25, 0.3) is 0 Å². The van der Waals surface area contributed by atoms with Gasteiger partial charge in [0.1, 0.15) is 6.04 Å². The summed E-state index contributed by atoms with van der Waals surface area (Å²) in [5.41, 5.74) is 1.68. The molecular formula is C14H14N4O2. The van der Waals surface area contributed by atoms with Crippen molar-refractivity contribution in [1.82, 2.24) is 20.2 Å². The van der Waals surface area contributed by atoms with E-state index in [0.29, 0.717) is 13.0 Å². The van der Waals surface area contributed by atoms with E-state index >= 15 is 0 Å². The van der Waals surface area contributed by atoms with Gasteiger partial charge in [-0.15, -0.1) is 0 Å². The van der Waals surface area contributed by atoms with Crippen molar-refractivity contribution in [3.63, 3.8) is 0 Å². The Morgan fingerprint density at radius 3 is 2.70 bits per heavy atom. The molecule has 0 saturated carbocycles. The smallest absolute Gasteiger partial charge is 0.325 e. The van der Waals surface area contributed by atoms with Crippen LogP contribution in [0.1, 0.15) is 11.3 Å². The minimum Gasteiger partial charge on any atom is -0.351 e. The van der Waals surface area contributed by atoms with Gasteiger partial charge in [0.2, 0.25) is 0 Å². The number of hydrogen-bond acceptors (Lipinski definition) is 3. The van der Waals surface area contributed by atoms with Gasteiger partial charge in [-0.2, -0.15) is 0 Å². The van der Waals surface area contributed by atoms with E-state index in [0.717, 1.165) is 11.3 Å². The van der Waals surface area contributed by atoms with Crippen LogP contribution in [-0.2, 0) is 17.8 Å². The number of hydrogen-bond donors (Lipinski definition) is 2. The maximum Gasteiger partial charge on any atom is 0.325 e. The number of H-pyrrole nitrogens is 1. The van der Waals surface area contributed by atoms with E-state index in [-0.39, 0.29) is 11.9 Å². The van der Waals surface area contributed by atoms with Crippen molar-refractivity contribution in [2.75, 3.05) is 0 Å². The Morgan fingerprint density at radius 2 is 2.00 bits per heavy atom. The lowest BCUT2D eigenvalue weighted by Gasteiger charge is -2.12. The fraction of sp³-hybridized carbons (Fsp3) is 0.214. The molecule has 1 saturated heterocycles. The van der Waals surface area contributed by atoms with Crippen molar-refractivity contribution in [3.05, 3.63) is 54.1 Å². The van der Waals surface area contributed by atoms with Gasteiger partial charge >= 0.3 is 6.03 Å². The molecule has 0 radical (unpaired) electrons. The molecule has 1 unspecified atom stereocenters. The van der Waals surface area contributed by atoms with Gasteiger partial charge in [-0.1, -0.05) is 30.3 Å². The second kappa shape index (κ2) is 5.16. The minimum absolute atomic E-state index is 0.207. The summed E-state index contributed by atoms with van der Waals surface area (Å²) < 4.78 is 0. The van der Waals surface area contributed by atoms with Gasteiger partial charge in [0.15, 0.2) is 0 Å². The average Bonchev–Trinajstić information content (AvgIpc) is 3.05. The number of carbonyl (C=O) groups is 2. The molecule has 1 aliphatic heterocycles. The zero-order valence-electron chi connectivity index (χ0n) is 10.7. The van der Waals surface area contributed by atoms with Crippen LogP contribution in [0, 0.1) is 0 Å².